The zero-order valence-electron chi connectivity index (χ0n) is 19.4. The van der Waals surface area contributed by atoms with Crippen LogP contribution in [0.25, 0.3) is 0 Å². The molecule has 9 nitrogen and oxygen atoms in total. The number of carbonyl (C=O) groups is 3. The number of ether oxygens (including phenoxy) is 1. The molecule has 1 aromatic carbocycles. The molecule has 3 aliphatic rings. The number of nitrogens with zero attached hydrogens (tertiary/aromatic N) is 5. The Morgan fingerprint density at radius 1 is 1.11 bits per heavy atom. The lowest BCUT2D eigenvalue weighted by atomic mass is 9.99. The molecule has 2 atom stereocenters. The summed E-state index contributed by atoms with van der Waals surface area (Å²) in [5.41, 5.74) is 0.758. The zero-order valence-corrected chi connectivity index (χ0v) is 19.4. The summed E-state index contributed by atoms with van der Waals surface area (Å²) in [6.07, 6.45) is 2.50. The quantitative estimate of drug-likeness (QED) is 0.554. The van der Waals surface area contributed by atoms with Crippen LogP contribution in [0.4, 0.5) is 20.4 Å². The van der Waals surface area contributed by atoms with Gasteiger partial charge in [-0.3, -0.25) is 14.4 Å². The molecular formula is C24H25F2N5O4. The van der Waals surface area contributed by atoms with Gasteiger partial charge < -0.3 is 19.4 Å². The van der Waals surface area contributed by atoms with Crippen LogP contribution >= 0.6 is 0 Å². The number of hydrogen-bond donors (Lipinski definition) is 0. The fourth-order valence-corrected chi connectivity index (χ4v) is 4.36. The lowest BCUT2D eigenvalue weighted by Crippen LogP contribution is -2.54. The molecule has 5 rings (SSSR count). The second-order valence-corrected chi connectivity index (χ2v) is 9.37. The molecule has 2 saturated heterocycles. The van der Waals surface area contributed by atoms with Gasteiger partial charge in [-0.2, -0.15) is 0 Å². The number of benzene rings is 1. The highest BCUT2D eigenvalue weighted by Crippen LogP contribution is 2.50. The number of alkyl halides is 2. The van der Waals surface area contributed by atoms with E-state index in [9.17, 15) is 23.2 Å². The van der Waals surface area contributed by atoms with Gasteiger partial charge in [-0.15, -0.1) is 0 Å². The number of carbonyl (C=O) groups excluding carboxylic acids is 3. The largest absolute Gasteiger partial charge is 0.481 e. The standard InChI is InChI=1S/C24H25F2N5O4/c1-29(2)21(33)15-12-30(13-15)23-27-10-16(11-28-23)31-8-7-19(22(31)34)35-17-5-3-14(4-6-17)20(32)18-9-24(18,25)26/h3-6,10-11,15,18-19H,7-9,12-13H2,1-2H3/t18?,19-/m1/s1. The van der Waals surface area contributed by atoms with Crippen molar-refractivity contribution in [3.8, 4) is 5.75 Å². The first-order valence-corrected chi connectivity index (χ1v) is 11.4. The highest BCUT2D eigenvalue weighted by molar-refractivity contribution is 6.00. The fraction of sp³-hybridized carbons (Fsp3) is 0.458. The van der Waals surface area contributed by atoms with Crippen LogP contribution in [0.3, 0.4) is 0 Å². The van der Waals surface area contributed by atoms with Crippen LogP contribution in [0, 0.1) is 11.8 Å². The van der Waals surface area contributed by atoms with Gasteiger partial charge in [-0.1, -0.05) is 0 Å². The van der Waals surface area contributed by atoms with E-state index in [4.69, 9.17) is 4.74 Å². The summed E-state index contributed by atoms with van der Waals surface area (Å²) >= 11 is 0. The van der Waals surface area contributed by atoms with Crippen molar-refractivity contribution in [1.29, 1.82) is 0 Å². The van der Waals surface area contributed by atoms with E-state index in [1.165, 1.54) is 24.3 Å². The van der Waals surface area contributed by atoms with E-state index < -0.39 is 30.1 Å². The molecular weight excluding hydrogens is 460 g/mol. The van der Waals surface area contributed by atoms with Crippen LogP contribution in [0.2, 0.25) is 0 Å². The van der Waals surface area contributed by atoms with Gasteiger partial charge in [0.15, 0.2) is 11.9 Å². The van der Waals surface area contributed by atoms with Crippen molar-refractivity contribution < 1.29 is 27.9 Å². The second-order valence-electron chi connectivity index (χ2n) is 9.37. The van der Waals surface area contributed by atoms with E-state index in [2.05, 4.69) is 9.97 Å². The maximum absolute atomic E-state index is 13.1. The third kappa shape index (κ3) is 4.42. The summed E-state index contributed by atoms with van der Waals surface area (Å²) in [5, 5.41) is 0. The Morgan fingerprint density at radius 2 is 1.74 bits per heavy atom. The minimum atomic E-state index is -2.91. The van der Waals surface area contributed by atoms with Crippen molar-refractivity contribution in [2.75, 3.05) is 43.5 Å². The Balaban J connectivity index is 1.16. The van der Waals surface area contributed by atoms with E-state index in [1.807, 2.05) is 4.90 Å². The fourth-order valence-electron chi connectivity index (χ4n) is 4.36. The van der Waals surface area contributed by atoms with Crippen LogP contribution in [-0.4, -0.2) is 78.2 Å². The van der Waals surface area contributed by atoms with Gasteiger partial charge in [-0.25, -0.2) is 18.7 Å². The number of halogens is 2. The molecule has 1 unspecified atom stereocenters. The molecule has 3 fully saturated rings. The lowest BCUT2D eigenvalue weighted by molar-refractivity contribution is -0.133. The van der Waals surface area contributed by atoms with Crippen molar-refractivity contribution in [3.63, 3.8) is 0 Å². The van der Waals surface area contributed by atoms with Crippen LogP contribution in [0.15, 0.2) is 36.7 Å². The predicted octanol–water partition coefficient (Wildman–Crippen LogP) is 2.02. The van der Waals surface area contributed by atoms with Gasteiger partial charge in [0.25, 0.3) is 11.8 Å². The van der Waals surface area contributed by atoms with Crippen LogP contribution < -0.4 is 14.5 Å². The number of Topliss-reactive ketones (excluding diaryl/α,β-unsaturated/α-hetero) is 1. The summed E-state index contributed by atoms with van der Waals surface area (Å²) in [7, 11) is 3.46. The molecule has 11 heteroatoms. The molecule has 0 bridgehead atoms. The summed E-state index contributed by atoms with van der Waals surface area (Å²) in [5.74, 6) is -4.05. The molecule has 1 aliphatic carbocycles. The average molecular weight is 485 g/mol. The maximum Gasteiger partial charge on any atom is 0.268 e. The van der Waals surface area contributed by atoms with E-state index in [-0.39, 0.29) is 23.3 Å². The Kier molecular flexibility index (Phi) is 5.65. The first-order chi connectivity index (χ1) is 16.6. The summed E-state index contributed by atoms with van der Waals surface area (Å²) < 4.78 is 32.1. The monoisotopic (exact) mass is 485 g/mol. The number of ketones is 1. The van der Waals surface area contributed by atoms with Crippen molar-refractivity contribution in [1.82, 2.24) is 14.9 Å². The molecule has 0 N–H and O–H groups in total. The molecule has 35 heavy (non-hydrogen) atoms. The average Bonchev–Trinajstić information content (AvgIpc) is 3.30. The van der Waals surface area contributed by atoms with Gasteiger partial charge >= 0.3 is 0 Å². The van der Waals surface area contributed by atoms with Crippen LogP contribution in [0.5, 0.6) is 5.75 Å². The third-order valence-corrected chi connectivity index (χ3v) is 6.61. The molecule has 2 aliphatic heterocycles. The highest BCUT2D eigenvalue weighted by Gasteiger charge is 2.61. The lowest BCUT2D eigenvalue weighted by Gasteiger charge is -2.39. The van der Waals surface area contributed by atoms with Crippen molar-refractivity contribution in [3.05, 3.63) is 42.2 Å². The minimum absolute atomic E-state index is 0.0619. The van der Waals surface area contributed by atoms with Crippen molar-refractivity contribution in [2.24, 2.45) is 11.8 Å². The van der Waals surface area contributed by atoms with Crippen molar-refractivity contribution in [2.45, 2.75) is 24.9 Å². The van der Waals surface area contributed by atoms with E-state index in [0.29, 0.717) is 43.4 Å². The Labute approximate surface area is 200 Å². The van der Waals surface area contributed by atoms with Gasteiger partial charge in [0, 0.05) is 52.1 Å². The van der Waals surface area contributed by atoms with Crippen LogP contribution in [0.1, 0.15) is 23.2 Å². The molecule has 2 aromatic rings. The topological polar surface area (TPSA) is 95.9 Å². The van der Waals surface area contributed by atoms with Gasteiger partial charge in [0.1, 0.15) is 5.75 Å². The number of aromatic nitrogens is 2. The van der Waals surface area contributed by atoms with Gasteiger partial charge in [0.2, 0.25) is 11.9 Å². The van der Waals surface area contributed by atoms with Gasteiger partial charge in [-0.05, 0) is 24.3 Å². The smallest absolute Gasteiger partial charge is 0.268 e. The molecule has 0 radical (unpaired) electrons. The number of amides is 2. The molecule has 1 aromatic heterocycles. The first kappa shape index (κ1) is 23.1. The Morgan fingerprint density at radius 3 is 2.31 bits per heavy atom. The zero-order chi connectivity index (χ0) is 24.9. The third-order valence-electron chi connectivity index (χ3n) is 6.61. The van der Waals surface area contributed by atoms with Crippen LogP contribution in [-0.2, 0) is 9.59 Å². The Hall–Kier alpha value is -3.63. The van der Waals surface area contributed by atoms with Gasteiger partial charge in [0.05, 0.1) is 29.9 Å². The molecule has 1 saturated carbocycles. The summed E-state index contributed by atoms with van der Waals surface area (Å²) in [4.78, 5) is 50.7. The van der Waals surface area contributed by atoms with E-state index in [1.54, 1.807) is 36.3 Å². The van der Waals surface area contributed by atoms with E-state index >= 15 is 0 Å². The molecule has 0 spiro atoms. The maximum atomic E-state index is 13.1. The minimum Gasteiger partial charge on any atom is -0.481 e. The Bertz CT molecular complexity index is 1150. The van der Waals surface area contributed by atoms with Crippen molar-refractivity contribution >= 4 is 29.2 Å². The number of anilines is 2. The number of rotatable bonds is 7. The molecule has 3 heterocycles. The predicted molar refractivity (Wildman–Crippen MR) is 122 cm³/mol. The highest BCUT2D eigenvalue weighted by atomic mass is 19.3. The SMILES string of the molecule is CN(C)C(=O)C1CN(c2ncc(N3CC[C@@H](Oc4ccc(C(=O)C5CC5(F)F)cc4)C3=O)cn2)C1. The van der Waals surface area contributed by atoms with E-state index in [0.717, 1.165) is 0 Å². The number of hydrogen-bond acceptors (Lipinski definition) is 7. The normalized spacial score (nSPS) is 23.1. The summed E-state index contributed by atoms with van der Waals surface area (Å²) in [6, 6.07) is 5.93. The second kappa shape index (κ2) is 8.54. The first-order valence-electron chi connectivity index (χ1n) is 11.4. The molecule has 184 valence electrons. The molecule has 2 amide bonds. The summed E-state index contributed by atoms with van der Waals surface area (Å²) in [6.45, 7) is 1.55.